The van der Waals surface area contributed by atoms with Gasteiger partial charge in [0.2, 0.25) is 5.28 Å². The Morgan fingerprint density at radius 1 is 1.47 bits per heavy atom. The van der Waals surface area contributed by atoms with Crippen LogP contribution in [-0.2, 0) is 16.7 Å². The SMILES string of the molecule is CS(=O)(=O)O.OCc1cc(C2CC2)nc(Cl)n1. The predicted octanol–water partition coefficient (Wildman–Crippen LogP) is 1.00. The molecule has 0 spiro atoms. The number of hydrogen-bond donors (Lipinski definition) is 2. The van der Waals surface area contributed by atoms with Crippen LogP contribution in [0.3, 0.4) is 0 Å². The Morgan fingerprint density at radius 3 is 2.41 bits per heavy atom. The van der Waals surface area contributed by atoms with E-state index in [-0.39, 0.29) is 11.9 Å². The quantitative estimate of drug-likeness (QED) is 0.619. The number of nitrogens with zero attached hydrogens (tertiary/aromatic N) is 2. The summed E-state index contributed by atoms with van der Waals surface area (Å²) in [4.78, 5) is 7.95. The van der Waals surface area contributed by atoms with Gasteiger partial charge in [0.05, 0.1) is 18.6 Å². The van der Waals surface area contributed by atoms with Crippen molar-refractivity contribution in [3.8, 4) is 0 Å². The van der Waals surface area contributed by atoms with Crippen molar-refractivity contribution in [2.75, 3.05) is 6.26 Å². The van der Waals surface area contributed by atoms with E-state index in [1.54, 1.807) is 0 Å². The maximum Gasteiger partial charge on any atom is 0.261 e. The van der Waals surface area contributed by atoms with Crippen molar-refractivity contribution in [1.29, 1.82) is 0 Å². The summed E-state index contributed by atoms with van der Waals surface area (Å²) in [5, 5.41) is 9.08. The van der Waals surface area contributed by atoms with E-state index >= 15 is 0 Å². The molecule has 2 N–H and O–H groups in total. The molecule has 1 aromatic heterocycles. The molecule has 1 fully saturated rings. The summed E-state index contributed by atoms with van der Waals surface area (Å²) >= 11 is 5.67. The molecular weight excluding hydrogens is 268 g/mol. The van der Waals surface area contributed by atoms with E-state index in [1.807, 2.05) is 6.07 Å². The third kappa shape index (κ3) is 6.52. The lowest BCUT2D eigenvalue weighted by Gasteiger charge is -2.00. The molecule has 0 saturated heterocycles. The van der Waals surface area contributed by atoms with E-state index < -0.39 is 10.1 Å². The molecule has 1 aliphatic carbocycles. The van der Waals surface area contributed by atoms with Crippen molar-refractivity contribution in [3.05, 3.63) is 22.7 Å². The molecule has 6 nitrogen and oxygen atoms in total. The van der Waals surface area contributed by atoms with Crippen LogP contribution < -0.4 is 0 Å². The molecule has 17 heavy (non-hydrogen) atoms. The highest BCUT2D eigenvalue weighted by molar-refractivity contribution is 7.85. The van der Waals surface area contributed by atoms with Crippen molar-refractivity contribution in [3.63, 3.8) is 0 Å². The Balaban J connectivity index is 0.000000249. The second kappa shape index (κ2) is 5.72. The first-order chi connectivity index (χ1) is 7.79. The van der Waals surface area contributed by atoms with Gasteiger partial charge in [-0.05, 0) is 30.5 Å². The van der Waals surface area contributed by atoms with Crippen LogP contribution in [0, 0.1) is 0 Å². The fourth-order valence-electron chi connectivity index (χ4n) is 1.15. The van der Waals surface area contributed by atoms with Gasteiger partial charge in [-0.25, -0.2) is 9.97 Å². The zero-order valence-corrected chi connectivity index (χ0v) is 10.7. The van der Waals surface area contributed by atoms with Crippen LogP contribution in [0.2, 0.25) is 5.28 Å². The molecular formula is C9H13ClN2O4S. The predicted molar refractivity (Wildman–Crippen MR) is 62.4 cm³/mol. The summed E-state index contributed by atoms with van der Waals surface area (Å²) in [6.45, 7) is -0.0675. The van der Waals surface area contributed by atoms with E-state index in [1.165, 1.54) is 12.8 Å². The van der Waals surface area contributed by atoms with Gasteiger partial charge in [-0.3, -0.25) is 4.55 Å². The van der Waals surface area contributed by atoms with Crippen LogP contribution in [-0.4, -0.2) is 34.3 Å². The molecule has 0 radical (unpaired) electrons. The Hall–Kier alpha value is -0.760. The molecule has 0 bridgehead atoms. The number of halogens is 1. The van der Waals surface area contributed by atoms with E-state index in [0.717, 1.165) is 5.69 Å². The largest absolute Gasteiger partial charge is 0.390 e. The number of rotatable bonds is 2. The average molecular weight is 281 g/mol. The average Bonchev–Trinajstić information content (AvgIpc) is 2.97. The summed E-state index contributed by atoms with van der Waals surface area (Å²) in [6.07, 6.45) is 3.07. The van der Waals surface area contributed by atoms with Gasteiger partial charge in [0, 0.05) is 11.6 Å². The van der Waals surface area contributed by atoms with Gasteiger partial charge in [-0.15, -0.1) is 0 Å². The van der Waals surface area contributed by atoms with Gasteiger partial charge in [0.25, 0.3) is 10.1 Å². The second-order valence-corrected chi connectivity index (χ2v) is 5.52. The lowest BCUT2D eigenvalue weighted by molar-refractivity contribution is 0.276. The Labute approximate surface area is 104 Å². The fraction of sp³-hybridized carbons (Fsp3) is 0.556. The lowest BCUT2D eigenvalue weighted by atomic mass is 10.2. The molecule has 1 aromatic rings. The molecule has 0 aromatic carbocycles. The molecule has 96 valence electrons. The monoisotopic (exact) mass is 280 g/mol. The number of hydrogen-bond acceptors (Lipinski definition) is 5. The maximum atomic E-state index is 9.19. The van der Waals surface area contributed by atoms with Crippen molar-refractivity contribution in [2.24, 2.45) is 0 Å². The Kier molecular flexibility index (Phi) is 4.81. The summed E-state index contributed by atoms with van der Waals surface area (Å²) in [7, 11) is -3.67. The third-order valence-corrected chi connectivity index (χ3v) is 2.10. The van der Waals surface area contributed by atoms with Gasteiger partial charge in [-0.1, -0.05) is 0 Å². The van der Waals surface area contributed by atoms with E-state index in [9.17, 15) is 8.42 Å². The number of aliphatic hydroxyl groups is 1. The number of aromatic nitrogens is 2. The standard InChI is InChI=1S/C8H9ClN2O.CH4O3S/c9-8-10-6(4-12)3-7(11-8)5-1-2-5;1-5(2,3)4/h3,5,12H,1-2,4H2;1H3,(H,2,3,4). The summed E-state index contributed by atoms with van der Waals surface area (Å²) in [5.74, 6) is 0.552. The second-order valence-electron chi connectivity index (χ2n) is 3.72. The highest BCUT2D eigenvalue weighted by atomic mass is 35.5. The maximum absolute atomic E-state index is 9.19. The molecule has 0 aliphatic heterocycles. The highest BCUT2D eigenvalue weighted by Gasteiger charge is 2.25. The van der Waals surface area contributed by atoms with Gasteiger partial charge >= 0.3 is 0 Å². The first kappa shape index (κ1) is 14.3. The van der Waals surface area contributed by atoms with Crippen LogP contribution >= 0.6 is 11.6 Å². The first-order valence-corrected chi connectivity index (χ1v) is 7.09. The lowest BCUT2D eigenvalue weighted by Crippen LogP contribution is -1.96. The summed E-state index contributed by atoms with van der Waals surface area (Å²) in [5.41, 5.74) is 1.58. The van der Waals surface area contributed by atoms with Crippen LogP contribution in [0.25, 0.3) is 0 Å². The molecule has 0 amide bonds. The zero-order valence-electron chi connectivity index (χ0n) is 9.17. The summed E-state index contributed by atoms with van der Waals surface area (Å²) in [6, 6.07) is 1.82. The van der Waals surface area contributed by atoms with E-state index in [4.69, 9.17) is 21.3 Å². The summed E-state index contributed by atoms with van der Waals surface area (Å²) < 4.78 is 25.9. The smallest absolute Gasteiger partial charge is 0.261 e. The van der Waals surface area contributed by atoms with Crippen molar-refractivity contribution in [2.45, 2.75) is 25.4 Å². The molecule has 1 aliphatic rings. The normalized spacial score (nSPS) is 15.1. The van der Waals surface area contributed by atoms with Crippen LogP contribution in [0.1, 0.15) is 30.1 Å². The first-order valence-electron chi connectivity index (χ1n) is 4.86. The van der Waals surface area contributed by atoms with Crippen LogP contribution in [0.4, 0.5) is 0 Å². The zero-order chi connectivity index (χ0) is 13.1. The minimum Gasteiger partial charge on any atom is -0.390 e. The molecule has 0 unspecified atom stereocenters. The van der Waals surface area contributed by atoms with Gasteiger partial charge in [0.1, 0.15) is 0 Å². The molecule has 1 heterocycles. The highest BCUT2D eigenvalue weighted by Crippen LogP contribution is 2.39. The molecule has 0 atom stereocenters. The minimum atomic E-state index is -3.67. The van der Waals surface area contributed by atoms with E-state index in [2.05, 4.69) is 9.97 Å². The minimum absolute atomic E-state index is 0.0675. The third-order valence-electron chi connectivity index (χ3n) is 1.93. The Bertz CT molecular complexity index is 480. The van der Waals surface area contributed by atoms with Crippen molar-refractivity contribution in [1.82, 2.24) is 9.97 Å². The van der Waals surface area contributed by atoms with Crippen LogP contribution in [0.5, 0.6) is 0 Å². The van der Waals surface area contributed by atoms with Gasteiger partial charge < -0.3 is 5.11 Å². The van der Waals surface area contributed by atoms with Gasteiger partial charge in [0.15, 0.2) is 0 Å². The van der Waals surface area contributed by atoms with Crippen LogP contribution in [0.15, 0.2) is 6.07 Å². The number of aliphatic hydroxyl groups excluding tert-OH is 1. The topological polar surface area (TPSA) is 100 Å². The molecule has 8 heteroatoms. The van der Waals surface area contributed by atoms with Gasteiger partial charge in [-0.2, -0.15) is 8.42 Å². The molecule has 2 rings (SSSR count). The fourth-order valence-corrected chi connectivity index (χ4v) is 1.36. The Morgan fingerprint density at radius 2 is 2.00 bits per heavy atom. The van der Waals surface area contributed by atoms with E-state index in [0.29, 0.717) is 17.9 Å². The van der Waals surface area contributed by atoms with Crippen molar-refractivity contribution >= 4 is 21.7 Å². The van der Waals surface area contributed by atoms with Crippen molar-refractivity contribution < 1.29 is 18.1 Å². The molecule has 1 saturated carbocycles.